The Morgan fingerprint density at radius 3 is 2.70 bits per heavy atom. The number of pyridine rings is 1. The fraction of sp³-hybridized carbons (Fsp3) is 0.467. The summed E-state index contributed by atoms with van der Waals surface area (Å²) in [5.41, 5.74) is 2.38. The minimum atomic E-state index is -0.114. The first kappa shape index (κ1) is 13.0. The van der Waals surface area contributed by atoms with Gasteiger partial charge in [-0.1, -0.05) is 19.3 Å². The van der Waals surface area contributed by atoms with Crippen LogP contribution in [0.1, 0.15) is 49.3 Å². The summed E-state index contributed by atoms with van der Waals surface area (Å²) in [5.74, 6) is 6.41. The van der Waals surface area contributed by atoms with E-state index in [2.05, 4.69) is 11.1 Å². The molecule has 2 aromatic rings. The fourth-order valence-corrected chi connectivity index (χ4v) is 3.11. The van der Waals surface area contributed by atoms with E-state index in [0.717, 1.165) is 24.2 Å². The molecule has 0 aromatic carbocycles. The highest BCUT2D eigenvalue weighted by atomic mass is 16.1. The molecule has 0 amide bonds. The summed E-state index contributed by atoms with van der Waals surface area (Å²) in [5, 5.41) is 0. The lowest BCUT2D eigenvalue weighted by Crippen LogP contribution is -2.34. The van der Waals surface area contributed by atoms with Crippen molar-refractivity contribution >= 4 is 0 Å². The van der Waals surface area contributed by atoms with Gasteiger partial charge in [-0.05, 0) is 25.8 Å². The van der Waals surface area contributed by atoms with E-state index in [1.807, 2.05) is 17.7 Å². The van der Waals surface area contributed by atoms with Crippen LogP contribution in [0, 0.1) is 6.92 Å². The molecule has 2 aromatic heterocycles. The van der Waals surface area contributed by atoms with Crippen molar-refractivity contribution in [1.29, 1.82) is 0 Å². The Bertz CT molecular complexity index is 651. The molecule has 0 saturated heterocycles. The Kier molecular flexibility index (Phi) is 3.34. The zero-order valence-electron chi connectivity index (χ0n) is 11.7. The SMILES string of the molecule is Cc1c(-n2ccnc2)cc(C2CCCCC2)n(N)c1=O. The van der Waals surface area contributed by atoms with Gasteiger partial charge in [0.25, 0.3) is 5.56 Å². The van der Waals surface area contributed by atoms with Crippen LogP contribution < -0.4 is 11.4 Å². The van der Waals surface area contributed by atoms with Crippen molar-refractivity contribution in [2.45, 2.75) is 44.9 Å². The third-order valence-corrected chi connectivity index (χ3v) is 4.29. The van der Waals surface area contributed by atoms with Crippen LogP contribution in [0.15, 0.2) is 29.6 Å². The quantitative estimate of drug-likeness (QED) is 0.851. The third-order valence-electron chi connectivity index (χ3n) is 4.29. The van der Waals surface area contributed by atoms with Crippen molar-refractivity contribution in [3.8, 4) is 5.69 Å². The first-order valence-electron chi connectivity index (χ1n) is 7.18. The summed E-state index contributed by atoms with van der Waals surface area (Å²) in [6.07, 6.45) is 11.2. The Morgan fingerprint density at radius 2 is 2.05 bits per heavy atom. The second-order valence-corrected chi connectivity index (χ2v) is 5.56. The van der Waals surface area contributed by atoms with Gasteiger partial charge in [-0.25, -0.2) is 9.66 Å². The topological polar surface area (TPSA) is 65.8 Å². The van der Waals surface area contributed by atoms with E-state index in [-0.39, 0.29) is 5.56 Å². The van der Waals surface area contributed by atoms with Gasteiger partial charge in [-0.15, -0.1) is 0 Å². The molecular weight excluding hydrogens is 252 g/mol. The number of aromatic nitrogens is 3. The summed E-state index contributed by atoms with van der Waals surface area (Å²) >= 11 is 0. The smallest absolute Gasteiger partial charge is 0.273 e. The Hall–Kier alpha value is -2.04. The molecule has 5 heteroatoms. The number of nitrogens with two attached hydrogens (primary N) is 1. The normalized spacial score (nSPS) is 16.4. The molecule has 0 unspecified atom stereocenters. The van der Waals surface area contributed by atoms with E-state index in [9.17, 15) is 4.79 Å². The minimum Gasteiger partial charge on any atom is -0.336 e. The summed E-state index contributed by atoms with van der Waals surface area (Å²) < 4.78 is 3.22. The van der Waals surface area contributed by atoms with Crippen molar-refractivity contribution < 1.29 is 0 Å². The van der Waals surface area contributed by atoms with Crippen LogP contribution in [0.25, 0.3) is 5.69 Å². The second-order valence-electron chi connectivity index (χ2n) is 5.56. The molecule has 1 fully saturated rings. The standard InChI is InChI=1S/C15H20N4O/c1-11-13(18-8-7-17-10-18)9-14(19(16)15(11)20)12-5-3-2-4-6-12/h7-10,12H,2-6,16H2,1H3. The van der Waals surface area contributed by atoms with Crippen molar-refractivity contribution in [2.24, 2.45) is 0 Å². The van der Waals surface area contributed by atoms with E-state index in [1.165, 1.54) is 23.9 Å². The molecule has 1 aliphatic carbocycles. The summed E-state index contributed by atoms with van der Waals surface area (Å²) in [6, 6.07) is 2.05. The average molecular weight is 272 g/mol. The van der Waals surface area contributed by atoms with Crippen LogP contribution in [-0.2, 0) is 0 Å². The van der Waals surface area contributed by atoms with Crippen LogP contribution in [0.5, 0.6) is 0 Å². The molecule has 2 heterocycles. The third kappa shape index (κ3) is 2.13. The highest BCUT2D eigenvalue weighted by molar-refractivity contribution is 5.41. The van der Waals surface area contributed by atoms with Crippen LogP contribution >= 0.6 is 0 Å². The van der Waals surface area contributed by atoms with Crippen molar-refractivity contribution in [3.63, 3.8) is 0 Å². The van der Waals surface area contributed by atoms with Crippen molar-refractivity contribution in [2.75, 3.05) is 5.84 Å². The van der Waals surface area contributed by atoms with Gasteiger partial charge < -0.3 is 10.4 Å². The molecule has 1 saturated carbocycles. The average Bonchev–Trinajstić information content (AvgIpc) is 3.00. The first-order valence-corrected chi connectivity index (χ1v) is 7.18. The Balaban J connectivity index is 2.13. The number of hydrogen-bond acceptors (Lipinski definition) is 3. The van der Waals surface area contributed by atoms with Crippen molar-refractivity contribution in [1.82, 2.24) is 14.2 Å². The predicted octanol–water partition coefficient (Wildman–Crippen LogP) is 2.10. The van der Waals surface area contributed by atoms with E-state index in [0.29, 0.717) is 11.5 Å². The minimum absolute atomic E-state index is 0.114. The van der Waals surface area contributed by atoms with Crippen molar-refractivity contribution in [3.05, 3.63) is 46.4 Å². The predicted molar refractivity (Wildman–Crippen MR) is 78.5 cm³/mol. The number of nitrogens with zero attached hydrogens (tertiary/aromatic N) is 3. The molecule has 0 spiro atoms. The van der Waals surface area contributed by atoms with E-state index in [4.69, 9.17) is 5.84 Å². The number of rotatable bonds is 2. The maximum Gasteiger partial charge on any atom is 0.273 e. The molecule has 20 heavy (non-hydrogen) atoms. The van der Waals surface area contributed by atoms with Crippen LogP contribution in [0.2, 0.25) is 0 Å². The zero-order valence-corrected chi connectivity index (χ0v) is 11.7. The monoisotopic (exact) mass is 272 g/mol. The molecule has 2 N–H and O–H groups in total. The molecule has 0 bridgehead atoms. The maximum atomic E-state index is 12.4. The first-order chi connectivity index (χ1) is 9.68. The highest BCUT2D eigenvalue weighted by Crippen LogP contribution is 2.32. The van der Waals surface area contributed by atoms with Crippen LogP contribution in [-0.4, -0.2) is 14.2 Å². The van der Waals surface area contributed by atoms with Gasteiger partial charge in [0.2, 0.25) is 0 Å². The molecule has 0 aliphatic heterocycles. The van der Waals surface area contributed by atoms with Gasteiger partial charge in [-0.3, -0.25) is 4.79 Å². The highest BCUT2D eigenvalue weighted by Gasteiger charge is 2.21. The Morgan fingerprint density at radius 1 is 1.30 bits per heavy atom. The number of nitrogen functional groups attached to an aromatic ring is 1. The number of imidazole rings is 1. The second kappa shape index (κ2) is 5.15. The lowest BCUT2D eigenvalue weighted by atomic mass is 9.86. The molecule has 0 radical (unpaired) electrons. The molecular formula is C15H20N4O. The largest absolute Gasteiger partial charge is 0.336 e. The maximum absolute atomic E-state index is 12.4. The van der Waals surface area contributed by atoms with Crippen LogP contribution in [0.4, 0.5) is 0 Å². The molecule has 0 atom stereocenters. The lowest BCUT2D eigenvalue weighted by Gasteiger charge is -2.24. The zero-order chi connectivity index (χ0) is 14.1. The summed E-state index contributed by atoms with van der Waals surface area (Å²) in [6.45, 7) is 1.81. The molecule has 1 aliphatic rings. The van der Waals surface area contributed by atoms with Gasteiger partial charge in [-0.2, -0.15) is 0 Å². The summed E-state index contributed by atoms with van der Waals surface area (Å²) in [4.78, 5) is 16.4. The molecule has 5 nitrogen and oxygen atoms in total. The van der Waals surface area contributed by atoms with Gasteiger partial charge in [0.05, 0.1) is 12.0 Å². The molecule has 106 valence electrons. The summed E-state index contributed by atoms with van der Waals surface area (Å²) in [7, 11) is 0. The Labute approximate surface area is 118 Å². The van der Waals surface area contributed by atoms with Gasteiger partial charge in [0, 0.05) is 29.6 Å². The van der Waals surface area contributed by atoms with Gasteiger partial charge in [0.1, 0.15) is 0 Å². The van der Waals surface area contributed by atoms with Crippen LogP contribution in [0.3, 0.4) is 0 Å². The van der Waals surface area contributed by atoms with E-state index in [1.54, 1.807) is 12.5 Å². The van der Waals surface area contributed by atoms with E-state index >= 15 is 0 Å². The van der Waals surface area contributed by atoms with E-state index < -0.39 is 0 Å². The lowest BCUT2D eigenvalue weighted by molar-refractivity contribution is 0.428. The fourth-order valence-electron chi connectivity index (χ4n) is 3.11. The van der Waals surface area contributed by atoms with Gasteiger partial charge >= 0.3 is 0 Å². The molecule has 3 rings (SSSR count). The number of hydrogen-bond donors (Lipinski definition) is 1. The van der Waals surface area contributed by atoms with Gasteiger partial charge in [0.15, 0.2) is 0 Å².